The zero-order valence-corrected chi connectivity index (χ0v) is 13.9. The first-order valence-corrected chi connectivity index (χ1v) is 8.61. The molecule has 5 heteroatoms. The zero-order valence-electron chi connectivity index (χ0n) is 12.3. The number of likely N-dealkylation sites (N-methyl/N-ethyl adjacent to an activating group) is 1. The average molecular weight is 364 g/mol. The summed E-state index contributed by atoms with van der Waals surface area (Å²) < 4.78 is 6.82. The highest BCUT2D eigenvalue weighted by Gasteiger charge is 2.64. The molecule has 1 aromatic carbocycles. The van der Waals surface area contributed by atoms with Gasteiger partial charge in [0.05, 0.1) is 4.47 Å². The van der Waals surface area contributed by atoms with Gasteiger partial charge < -0.3 is 19.8 Å². The highest BCUT2D eigenvalue weighted by atomic mass is 79.9. The van der Waals surface area contributed by atoms with Crippen LogP contribution in [0.5, 0.6) is 11.5 Å². The number of phenolic OH excluding ortho intramolecular Hbond substituents is 1. The second-order valence-corrected chi connectivity index (χ2v) is 7.91. The van der Waals surface area contributed by atoms with Gasteiger partial charge in [-0.15, -0.1) is 0 Å². The number of aromatic hydroxyl groups is 1. The van der Waals surface area contributed by atoms with Crippen LogP contribution in [-0.4, -0.2) is 47.0 Å². The third-order valence-electron chi connectivity index (χ3n) is 6.22. The van der Waals surface area contributed by atoms with E-state index >= 15 is 0 Å². The van der Waals surface area contributed by atoms with E-state index in [0.29, 0.717) is 22.2 Å². The summed E-state index contributed by atoms with van der Waals surface area (Å²) in [5.41, 5.74) is 2.21. The van der Waals surface area contributed by atoms with E-state index in [2.05, 4.69) is 34.0 Å². The summed E-state index contributed by atoms with van der Waals surface area (Å²) in [6.07, 6.45) is 5.08. The molecule has 0 radical (unpaired) electrons. The minimum Gasteiger partial charge on any atom is -0.503 e. The number of likely N-dealkylation sites (tertiary alicyclic amines) is 1. The summed E-state index contributed by atoms with van der Waals surface area (Å²) in [7, 11) is 2.18. The van der Waals surface area contributed by atoms with Crippen LogP contribution in [0.15, 0.2) is 22.7 Å². The van der Waals surface area contributed by atoms with Crippen molar-refractivity contribution >= 4 is 15.9 Å². The molecule has 1 spiro atoms. The monoisotopic (exact) mass is 363 g/mol. The molecule has 0 saturated carbocycles. The largest absolute Gasteiger partial charge is 0.503 e. The smallest absolute Gasteiger partial charge is 0.172 e. The number of ether oxygens (including phenoxy) is 1. The number of nitrogens with zero attached hydrogens (tertiary/aromatic N) is 1. The zero-order chi connectivity index (χ0) is 15.2. The summed E-state index contributed by atoms with van der Waals surface area (Å²) in [5.74, 6) is 1.10. The van der Waals surface area contributed by atoms with E-state index in [1.807, 2.05) is 12.1 Å². The molecule has 4 nitrogen and oxygen atoms in total. The van der Waals surface area contributed by atoms with Crippen LogP contribution in [0.4, 0.5) is 0 Å². The topological polar surface area (TPSA) is 52.9 Å². The normalized spacial score (nSPS) is 41.2. The van der Waals surface area contributed by atoms with Crippen molar-refractivity contribution in [1.29, 1.82) is 0 Å². The number of benzene rings is 1. The lowest BCUT2D eigenvalue weighted by molar-refractivity contribution is -0.0453. The molecule has 116 valence electrons. The van der Waals surface area contributed by atoms with Crippen LogP contribution >= 0.6 is 15.9 Å². The van der Waals surface area contributed by atoms with Gasteiger partial charge in [0.25, 0.3) is 0 Å². The lowest BCUT2D eigenvalue weighted by Gasteiger charge is -2.56. The molecule has 1 fully saturated rings. The van der Waals surface area contributed by atoms with E-state index in [1.165, 1.54) is 5.56 Å². The van der Waals surface area contributed by atoms with Crippen LogP contribution in [0.25, 0.3) is 0 Å². The van der Waals surface area contributed by atoms with E-state index in [4.69, 9.17) is 4.74 Å². The molecule has 1 aromatic rings. The van der Waals surface area contributed by atoms with Gasteiger partial charge in [-0.1, -0.05) is 12.2 Å². The predicted octanol–water partition coefficient (Wildman–Crippen LogP) is 1.96. The van der Waals surface area contributed by atoms with E-state index < -0.39 is 6.10 Å². The molecule has 2 aliphatic carbocycles. The average Bonchev–Trinajstić information content (AvgIpc) is 2.84. The Balaban J connectivity index is 1.85. The van der Waals surface area contributed by atoms with Crippen molar-refractivity contribution in [2.45, 2.75) is 36.5 Å². The number of hydrogen-bond donors (Lipinski definition) is 2. The lowest BCUT2D eigenvalue weighted by Crippen LogP contribution is -2.64. The first kappa shape index (κ1) is 13.4. The molecule has 22 heavy (non-hydrogen) atoms. The van der Waals surface area contributed by atoms with Crippen molar-refractivity contribution in [2.75, 3.05) is 13.6 Å². The van der Waals surface area contributed by atoms with E-state index in [0.717, 1.165) is 24.9 Å². The first-order valence-electron chi connectivity index (χ1n) is 7.82. The fraction of sp³-hybridized carbons (Fsp3) is 0.529. The molecule has 0 amide bonds. The van der Waals surface area contributed by atoms with Crippen LogP contribution in [0, 0.1) is 5.92 Å². The number of hydrogen-bond acceptors (Lipinski definition) is 4. The van der Waals surface area contributed by atoms with Crippen molar-refractivity contribution in [3.63, 3.8) is 0 Å². The maximum atomic E-state index is 10.5. The Bertz CT molecular complexity index is 718. The maximum Gasteiger partial charge on any atom is 0.172 e. The molecule has 0 unspecified atom stereocenters. The number of rotatable bonds is 0. The van der Waals surface area contributed by atoms with Crippen LogP contribution in [0.3, 0.4) is 0 Å². The minimum atomic E-state index is -0.614. The van der Waals surface area contributed by atoms with E-state index in [-0.39, 0.29) is 17.3 Å². The third kappa shape index (κ3) is 1.32. The Labute approximate surface area is 137 Å². The van der Waals surface area contributed by atoms with E-state index in [9.17, 15) is 10.2 Å². The third-order valence-corrected chi connectivity index (χ3v) is 6.82. The lowest BCUT2D eigenvalue weighted by atomic mass is 9.53. The van der Waals surface area contributed by atoms with Crippen molar-refractivity contribution in [2.24, 2.45) is 5.92 Å². The van der Waals surface area contributed by atoms with Gasteiger partial charge in [-0.2, -0.15) is 0 Å². The van der Waals surface area contributed by atoms with Crippen LogP contribution in [0.1, 0.15) is 17.5 Å². The highest BCUT2D eigenvalue weighted by Crippen LogP contribution is 2.63. The van der Waals surface area contributed by atoms with Crippen LogP contribution < -0.4 is 4.74 Å². The summed E-state index contributed by atoms with van der Waals surface area (Å²) >= 11 is 3.44. The minimum absolute atomic E-state index is 0.172. The Morgan fingerprint density at radius 3 is 3.05 bits per heavy atom. The predicted molar refractivity (Wildman–Crippen MR) is 85.3 cm³/mol. The van der Waals surface area contributed by atoms with Crippen LogP contribution in [-0.2, 0) is 11.8 Å². The van der Waals surface area contributed by atoms with Gasteiger partial charge >= 0.3 is 0 Å². The standard InChI is InChI=1S/C17H18BrNO3/c1-19-5-4-17-9-2-3-12(20)16(17)22-15-13(17)8(7-11(9)19)6-10(18)14(15)21/h2-3,6,9,11-12,16,20-21H,4-5,7H2,1H3/t9-,11+,12-,16-,17-/m0/s1. The Kier molecular flexibility index (Phi) is 2.48. The van der Waals surface area contributed by atoms with Gasteiger partial charge in [0.2, 0.25) is 0 Å². The maximum absolute atomic E-state index is 10.5. The number of aliphatic hydroxyl groups excluding tert-OH is 1. The number of piperidine rings is 1. The number of halogens is 1. The molecular weight excluding hydrogens is 346 g/mol. The number of phenols is 1. The van der Waals surface area contributed by atoms with Gasteiger partial charge in [-0.05, 0) is 54.0 Å². The van der Waals surface area contributed by atoms with Crippen LogP contribution in [0.2, 0.25) is 0 Å². The molecule has 4 aliphatic rings. The van der Waals surface area contributed by atoms with Gasteiger partial charge in [0, 0.05) is 22.9 Å². The van der Waals surface area contributed by atoms with Gasteiger partial charge in [-0.25, -0.2) is 0 Å². The second-order valence-electron chi connectivity index (χ2n) is 7.05. The van der Waals surface area contributed by atoms with Crippen molar-refractivity contribution < 1.29 is 14.9 Å². The van der Waals surface area contributed by atoms with Gasteiger partial charge in [0.15, 0.2) is 11.5 Å². The molecule has 1 saturated heterocycles. The van der Waals surface area contributed by atoms with Gasteiger partial charge in [0.1, 0.15) is 12.2 Å². The summed E-state index contributed by atoms with van der Waals surface area (Å²) in [6, 6.07) is 2.47. The molecule has 2 heterocycles. The SMILES string of the molecule is CN1CC[C@]23c4c5cc(Br)c(O)c4O[C@H]2[C@@H](O)C=C[C@H]3[C@H]1C5. The molecule has 2 aliphatic heterocycles. The Morgan fingerprint density at radius 1 is 1.41 bits per heavy atom. The van der Waals surface area contributed by atoms with Crippen molar-refractivity contribution in [3.8, 4) is 11.5 Å². The summed E-state index contributed by atoms with van der Waals surface area (Å²) in [4.78, 5) is 2.43. The molecule has 0 aromatic heterocycles. The summed E-state index contributed by atoms with van der Waals surface area (Å²) in [6.45, 7) is 0.997. The van der Waals surface area contributed by atoms with Crippen molar-refractivity contribution in [3.05, 3.63) is 33.8 Å². The fourth-order valence-corrected chi connectivity index (χ4v) is 5.73. The Morgan fingerprint density at radius 2 is 2.23 bits per heavy atom. The first-order chi connectivity index (χ1) is 10.5. The second kappa shape index (κ2) is 4.08. The highest BCUT2D eigenvalue weighted by molar-refractivity contribution is 9.10. The molecule has 2 bridgehead atoms. The molecule has 5 rings (SSSR count). The quantitative estimate of drug-likeness (QED) is 0.692. The van der Waals surface area contributed by atoms with Gasteiger partial charge in [-0.3, -0.25) is 0 Å². The summed E-state index contributed by atoms with van der Waals surface area (Å²) in [5, 5.41) is 20.9. The molecule has 5 atom stereocenters. The fourth-order valence-electron chi connectivity index (χ4n) is 5.28. The molecule has 2 N–H and O–H groups in total. The Hall–Kier alpha value is -1.04. The number of aliphatic hydroxyl groups is 1. The molecular formula is C17H18BrNO3. The van der Waals surface area contributed by atoms with Crippen molar-refractivity contribution in [1.82, 2.24) is 4.90 Å². The van der Waals surface area contributed by atoms with E-state index in [1.54, 1.807) is 0 Å².